The highest BCUT2D eigenvalue weighted by atomic mass is 32.1. The van der Waals surface area contributed by atoms with E-state index in [-0.39, 0.29) is 11.5 Å². The van der Waals surface area contributed by atoms with Gasteiger partial charge >= 0.3 is 5.97 Å². The molecule has 0 radical (unpaired) electrons. The summed E-state index contributed by atoms with van der Waals surface area (Å²) in [5.74, 6) is -0.796. The van der Waals surface area contributed by atoms with E-state index in [1.54, 1.807) is 0 Å². The van der Waals surface area contributed by atoms with E-state index < -0.39 is 5.97 Å². The van der Waals surface area contributed by atoms with E-state index in [0.29, 0.717) is 10.6 Å². The summed E-state index contributed by atoms with van der Waals surface area (Å²) < 4.78 is 4.92. The van der Waals surface area contributed by atoms with Crippen molar-refractivity contribution in [1.82, 2.24) is 4.98 Å². The molecule has 23 heavy (non-hydrogen) atoms. The van der Waals surface area contributed by atoms with Crippen LogP contribution in [0.15, 0.2) is 36.6 Å². The Bertz CT molecular complexity index is 730. The quantitative estimate of drug-likeness (QED) is 0.626. The second-order valence-corrected chi connectivity index (χ2v) is 6.27. The molecule has 0 atom stereocenters. The summed E-state index contributed by atoms with van der Waals surface area (Å²) in [6, 6.07) is 9.82. The number of benzene rings is 1. The Morgan fingerprint density at radius 1 is 1.26 bits per heavy atom. The predicted molar refractivity (Wildman–Crippen MR) is 94.2 cm³/mol. The van der Waals surface area contributed by atoms with Crippen LogP contribution in [0.1, 0.15) is 40.9 Å². The number of carboxylic acids is 1. The summed E-state index contributed by atoms with van der Waals surface area (Å²) in [6.45, 7) is 4.07. The van der Waals surface area contributed by atoms with Crippen LogP contribution in [0, 0.1) is 0 Å². The predicted octanol–water partition coefficient (Wildman–Crippen LogP) is 4.51. The molecule has 1 aromatic heterocycles. The van der Waals surface area contributed by atoms with Crippen LogP contribution in [0.5, 0.6) is 0 Å². The van der Waals surface area contributed by atoms with Crippen LogP contribution >= 0.6 is 11.3 Å². The van der Waals surface area contributed by atoms with Gasteiger partial charge in [-0.2, -0.15) is 0 Å². The van der Waals surface area contributed by atoms with E-state index >= 15 is 0 Å². The van der Waals surface area contributed by atoms with Gasteiger partial charge in [-0.25, -0.2) is 9.78 Å². The van der Waals surface area contributed by atoms with Gasteiger partial charge < -0.3 is 9.84 Å². The summed E-state index contributed by atoms with van der Waals surface area (Å²) >= 11 is 1.39. The number of aromatic nitrogens is 1. The second kappa shape index (κ2) is 7.74. The molecule has 0 fully saturated rings. The molecule has 2 rings (SSSR count). The maximum absolute atomic E-state index is 11.5. The van der Waals surface area contributed by atoms with Gasteiger partial charge in [0.1, 0.15) is 5.57 Å². The Kier molecular flexibility index (Phi) is 5.71. The van der Waals surface area contributed by atoms with Gasteiger partial charge in [0.2, 0.25) is 0 Å². The molecule has 0 aliphatic carbocycles. The molecule has 1 heterocycles. The van der Waals surface area contributed by atoms with Crippen LogP contribution in [0.4, 0.5) is 0 Å². The normalized spacial score (nSPS) is 12.1. The van der Waals surface area contributed by atoms with Gasteiger partial charge in [0, 0.05) is 5.92 Å². The molecular weight excluding hydrogens is 310 g/mol. The summed E-state index contributed by atoms with van der Waals surface area (Å²) in [5.41, 5.74) is 1.79. The van der Waals surface area contributed by atoms with Gasteiger partial charge in [0.05, 0.1) is 29.0 Å². The van der Waals surface area contributed by atoms with Gasteiger partial charge in [-0.3, -0.25) is 0 Å². The number of rotatable bonds is 6. The topological polar surface area (TPSA) is 59.4 Å². The number of hydrogen-bond acceptors (Lipinski definition) is 4. The number of nitrogens with zero attached hydrogens (tertiary/aromatic N) is 1. The Hall–Kier alpha value is -2.40. The van der Waals surface area contributed by atoms with Crippen molar-refractivity contribution < 1.29 is 14.6 Å². The molecule has 5 heteroatoms. The third kappa shape index (κ3) is 4.29. The third-order valence-corrected chi connectivity index (χ3v) is 4.51. The van der Waals surface area contributed by atoms with Crippen LogP contribution in [-0.4, -0.2) is 23.2 Å². The molecule has 2 aromatic rings. The standard InChI is InChI=1S/C18H19NO3S/c1-12(2)17-19-15(10-9-13-7-5-4-6-8-13)16(23-17)14(11-22-3)18(20)21/h4-12H,1-3H3,(H,20,21)/b10-9+,14-11+. The Labute approximate surface area is 139 Å². The lowest BCUT2D eigenvalue weighted by Gasteiger charge is -2.00. The SMILES string of the molecule is CO/C=C(/C(=O)O)c1sc(C(C)C)nc1/C=C/c1ccccc1. The molecule has 0 aliphatic heterocycles. The highest BCUT2D eigenvalue weighted by molar-refractivity contribution is 7.13. The van der Waals surface area contributed by atoms with Gasteiger partial charge in [0.25, 0.3) is 0 Å². The largest absolute Gasteiger partial charge is 0.503 e. The fourth-order valence-electron chi connectivity index (χ4n) is 1.96. The number of aliphatic carboxylic acids is 1. The first kappa shape index (κ1) is 17.0. The molecule has 0 saturated carbocycles. The molecule has 0 aliphatic rings. The molecule has 1 N–H and O–H groups in total. The summed E-state index contributed by atoms with van der Waals surface area (Å²) in [4.78, 5) is 16.7. The number of carbonyl (C=O) groups is 1. The van der Waals surface area contributed by atoms with Crippen LogP contribution < -0.4 is 0 Å². The summed E-state index contributed by atoms with van der Waals surface area (Å²) in [5, 5.41) is 10.3. The maximum atomic E-state index is 11.5. The zero-order chi connectivity index (χ0) is 16.8. The average Bonchev–Trinajstić information content (AvgIpc) is 2.95. The van der Waals surface area contributed by atoms with Crippen LogP contribution in [0.25, 0.3) is 17.7 Å². The molecule has 0 unspecified atom stereocenters. The van der Waals surface area contributed by atoms with Crippen LogP contribution in [0.3, 0.4) is 0 Å². The minimum absolute atomic E-state index is 0.115. The van der Waals surface area contributed by atoms with Crippen LogP contribution in [0.2, 0.25) is 0 Å². The fourth-order valence-corrected chi connectivity index (χ4v) is 3.01. The number of methoxy groups -OCH3 is 1. The van der Waals surface area contributed by atoms with Gasteiger partial charge in [-0.05, 0) is 11.6 Å². The van der Waals surface area contributed by atoms with Gasteiger partial charge in [0.15, 0.2) is 0 Å². The van der Waals surface area contributed by atoms with E-state index in [1.165, 1.54) is 24.7 Å². The lowest BCUT2D eigenvalue weighted by molar-refractivity contribution is -0.130. The van der Waals surface area contributed by atoms with Gasteiger partial charge in [-0.1, -0.05) is 50.3 Å². The average molecular weight is 329 g/mol. The number of thiazole rings is 1. The Morgan fingerprint density at radius 2 is 1.96 bits per heavy atom. The molecule has 4 nitrogen and oxygen atoms in total. The molecule has 120 valence electrons. The molecule has 0 amide bonds. The smallest absolute Gasteiger partial charge is 0.340 e. The summed E-state index contributed by atoms with van der Waals surface area (Å²) in [6.07, 6.45) is 5.02. The third-order valence-electron chi connectivity index (χ3n) is 3.11. The highest BCUT2D eigenvalue weighted by Gasteiger charge is 2.20. The van der Waals surface area contributed by atoms with E-state index in [2.05, 4.69) is 4.98 Å². The van der Waals surface area contributed by atoms with Crippen molar-refractivity contribution in [3.05, 3.63) is 57.7 Å². The molecule has 0 spiro atoms. The van der Waals surface area contributed by atoms with Crippen molar-refractivity contribution in [2.75, 3.05) is 7.11 Å². The first-order valence-corrected chi connectivity index (χ1v) is 8.05. The van der Waals surface area contributed by atoms with Crippen molar-refractivity contribution in [2.24, 2.45) is 0 Å². The molecule has 0 bridgehead atoms. The summed E-state index contributed by atoms with van der Waals surface area (Å²) in [7, 11) is 1.44. The van der Waals surface area contributed by atoms with Crippen LogP contribution in [-0.2, 0) is 9.53 Å². The fraction of sp³-hybridized carbons (Fsp3) is 0.222. The number of carboxylic acid groups (broad SMARTS) is 1. The molecular formula is C18H19NO3S. The second-order valence-electron chi connectivity index (χ2n) is 5.24. The van der Waals surface area contributed by atoms with Crippen molar-refractivity contribution in [3.8, 4) is 0 Å². The maximum Gasteiger partial charge on any atom is 0.340 e. The lowest BCUT2D eigenvalue weighted by atomic mass is 10.1. The van der Waals surface area contributed by atoms with Crippen molar-refractivity contribution in [2.45, 2.75) is 19.8 Å². The Morgan fingerprint density at radius 3 is 2.52 bits per heavy atom. The monoisotopic (exact) mass is 329 g/mol. The van der Waals surface area contributed by atoms with E-state index in [1.807, 2.05) is 56.3 Å². The molecule has 1 aromatic carbocycles. The van der Waals surface area contributed by atoms with Gasteiger partial charge in [-0.15, -0.1) is 11.3 Å². The van der Waals surface area contributed by atoms with Crippen molar-refractivity contribution in [3.63, 3.8) is 0 Å². The minimum Gasteiger partial charge on any atom is -0.503 e. The van der Waals surface area contributed by atoms with E-state index in [9.17, 15) is 9.90 Å². The first-order valence-electron chi connectivity index (χ1n) is 7.23. The minimum atomic E-state index is -1.03. The van der Waals surface area contributed by atoms with E-state index in [0.717, 1.165) is 10.6 Å². The van der Waals surface area contributed by atoms with Crippen molar-refractivity contribution in [1.29, 1.82) is 0 Å². The lowest BCUT2D eigenvalue weighted by Crippen LogP contribution is -2.00. The first-order chi connectivity index (χ1) is 11.0. The Balaban J connectivity index is 2.47. The zero-order valence-electron chi connectivity index (χ0n) is 13.3. The van der Waals surface area contributed by atoms with E-state index in [4.69, 9.17) is 4.74 Å². The highest BCUT2D eigenvalue weighted by Crippen LogP contribution is 2.32. The zero-order valence-corrected chi connectivity index (χ0v) is 14.1. The number of ether oxygens (including phenoxy) is 1. The van der Waals surface area contributed by atoms with Crippen molar-refractivity contribution >= 4 is 35.0 Å². The molecule has 0 saturated heterocycles. The number of hydrogen-bond donors (Lipinski definition) is 1.